The highest BCUT2D eigenvalue weighted by Crippen LogP contribution is 2.30. The Hall–Kier alpha value is -1.10. The molecule has 0 radical (unpaired) electrons. The molecule has 1 saturated heterocycles. The average Bonchev–Trinajstić information content (AvgIpc) is 3.03. The third kappa shape index (κ3) is 6.13. The summed E-state index contributed by atoms with van der Waals surface area (Å²) in [4.78, 5) is 0. The van der Waals surface area contributed by atoms with Gasteiger partial charge in [-0.25, -0.2) is 5.43 Å². The van der Waals surface area contributed by atoms with Gasteiger partial charge in [-0.05, 0) is 26.0 Å². The third-order valence-electron chi connectivity index (χ3n) is 4.48. The van der Waals surface area contributed by atoms with E-state index < -0.39 is 0 Å². The molecule has 4 heteroatoms. The molecule has 1 fully saturated rings. The van der Waals surface area contributed by atoms with Crippen LogP contribution in [0.5, 0.6) is 5.75 Å². The Kier molecular flexibility index (Phi) is 8.43. The smallest absolute Gasteiger partial charge is 0.124 e. The fraction of sp³-hybridized carbons (Fsp3) is 0.684. The van der Waals surface area contributed by atoms with Crippen molar-refractivity contribution in [2.45, 2.75) is 64.0 Å². The van der Waals surface area contributed by atoms with Crippen molar-refractivity contribution in [3.05, 3.63) is 29.8 Å². The van der Waals surface area contributed by atoms with Crippen molar-refractivity contribution in [3.63, 3.8) is 0 Å². The topological polar surface area (TPSA) is 45.3 Å². The van der Waals surface area contributed by atoms with Crippen molar-refractivity contribution < 1.29 is 4.74 Å². The quantitative estimate of drug-likeness (QED) is 0.546. The van der Waals surface area contributed by atoms with Gasteiger partial charge in [-0.2, -0.15) is 0 Å². The molecule has 23 heavy (non-hydrogen) atoms. The molecule has 1 aromatic carbocycles. The van der Waals surface area contributed by atoms with Crippen LogP contribution in [-0.2, 0) is 0 Å². The molecule has 0 aromatic heterocycles. The van der Waals surface area contributed by atoms with Gasteiger partial charge in [-0.1, -0.05) is 57.2 Å². The number of unbranched alkanes of at least 4 members (excludes halogenated alkanes) is 5. The van der Waals surface area contributed by atoms with Crippen LogP contribution in [0.4, 0.5) is 0 Å². The van der Waals surface area contributed by atoms with Gasteiger partial charge in [0, 0.05) is 18.2 Å². The summed E-state index contributed by atoms with van der Waals surface area (Å²) >= 11 is 0. The molecular formula is C19H33N3O. The Morgan fingerprint density at radius 2 is 1.87 bits per heavy atom. The lowest BCUT2D eigenvalue weighted by molar-refractivity contribution is 0.298. The van der Waals surface area contributed by atoms with Gasteiger partial charge < -0.3 is 10.1 Å². The highest BCUT2D eigenvalue weighted by molar-refractivity contribution is 5.36. The largest absolute Gasteiger partial charge is 0.493 e. The number of hydrogen-bond acceptors (Lipinski definition) is 4. The second-order valence-corrected chi connectivity index (χ2v) is 6.49. The van der Waals surface area contributed by atoms with E-state index in [1.807, 2.05) is 7.05 Å². The maximum Gasteiger partial charge on any atom is 0.124 e. The standard InChI is InChI=1S/C19H33N3O/c1-3-4-5-6-7-10-13-23-19-12-9-8-11-17(19)18-14-16(15-20-2)21-22-18/h8-9,11-12,16,18,20-22H,3-7,10,13-15H2,1-2H3. The Morgan fingerprint density at radius 3 is 2.70 bits per heavy atom. The van der Waals surface area contributed by atoms with Crippen molar-refractivity contribution in [2.75, 3.05) is 20.2 Å². The highest BCUT2D eigenvalue weighted by Gasteiger charge is 2.26. The van der Waals surface area contributed by atoms with Crippen LogP contribution >= 0.6 is 0 Å². The van der Waals surface area contributed by atoms with Crippen LogP contribution in [-0.4, -0.2) is 26.2 Å². The number of hydrazine groups is 1. The zero-order valence-electron chi connectivity index (χ0n) is 14.7. The summed E-state index contributed by atoms with van der Waals surface area (Å²) in [5, 5.41) is 3.23. The van der Waals surface area contributed by atoms with Gasteiger partial charge in [-0.15, -0.1) is 0 Å². The molecule has 0 aliphatic carbocycles. The van der Waals surface area contributed by atoms with E-state index in [1.165, 1.54) is 37.7 Å². The van der Waals surface area contributed by atoms with Crippen LogP contribution < -0.4 is 20.9 Å². The second-order valence-electron chi connectivity index (χ2n) is 6.49. The van der Waals surface area contributed by atoms with E-state index in [4.69, 9.17) is 4.74 Å². The van der Waals surface area contributed by atoms with Gasteiger partial charge in [0.1, 0.15) is 5.75 Å². The van der Waals surface area contributed by atoms with Crippen LogP contribution in [0.25, 0.3) is 0 Å². The van der Waals surface area contributed by atoms with Crippen LogP contribution in [0, 0.1) is 0 Å². The van der Waals surface area contributed by atoms with Crippen LogP contribution in [0.15, 0.2) is 24.3 Å². The van der Waals surface area contributed by atoms with Crippen molar-refractivity contribution >= 4 is 0 Å². The zero-order chi connectivity index (χ0) is 16.3. The van der Waals surface area contributed by atoms with Gasteiger partial charge in [0.25, 0.3) is 0 Å². The van der Waals surface area contributed by atoms with Gasteiger partial charge >= 0.3 is 0 Å². The van der Waals surface area contributed by atoms with E-state index >= 15 is 0 Å². The number of nitrogens with one attached hydrogen (secondary N) is 3. The Bertz CT molecular complexity index is 438. The van der Waals surface area contributed by atoms with Crippen LogP contribution in [0.2, 0.25) is 0 Å². The molecule has 1 heterocycles. The predicted octanol–water partition coefficient (Wildman–Crippen LogP) is 3.55. The molecular weight excluding hydrogens is 286 g/mol. The fourth-order valence-electron chi connectivity index (χ4n) is 3.17. The van der Waals surface area contributed by atoms with E-state index in [1.54, 1.807) is 0 Å². The van der Waals surface area contributed by atoms with E-state index in [9.17, 15) is 0 Å². The van der Waals surface area contributed by atoms with Gasteiger partial charge in [-0.3, -0.25) is 5.43 Å². The Balaban J connectivity index is 1.77. The Labute approximate surface area is 141 Å². The van der Waals surface area contributed by atoms with Crippen molar-refractivity contribution in [3.8, 4) is 5.75 Å². The van der Waals surface area contributed by atoms with Gasteiger partial charge in [0.15, 0.2) is 0 Å². The SMILES string of the molecule is CCCCCCCCOc1ccccc1C1CC(CNC)NN1. The first-order chi connectivity index (χ1) is 11.3. The zero-order valence-corrected chi connectivity index (χ0v) is 14.7. The molecule has 3 N–H and O–H groups in total. The molecule has 2 rings (SSSR count). The molecule has 1 aromatic rings. The molecule has 0 spiro atoms. The maximum atomic E-state index is 6.07. The minimum Gasteiger partial charge on any atom is -0.493 e. The van der Waals surface area contributed by atoms with Gasteiger partial charge in [0.2, 0.25) is 0 Å². The fourth-order valence-corrected chi connectivity index (χ4v) is 3.17. The van der Waals surface area contributed by atoms with E-state index in [-0.39, 0.29) is 0 Å². The first-order valence-electron chi connectivity index (χ1n) is 9.22. The summed E-state index contributed by atoms with van der Waals surface area (Å²) < 4.78 is 6.07. The van der Waals surface area contributed by atoms with E-state index in [0.29, 0.717) is 12.1 Å². The van der Waals surface area contributed by atoms with Gasteiger partial charge in [0.05, 0.1) is 12.6 Å². The summed E-state index contributed by atoms with van der Waals surface area (Å²) in [5.74, 6) is 1.03. The molecule has 130 valence electrons. The Morgan fingerprint density at radius 1 is 1.09 bits per heavy atom. The molecule has 4 nitrogen and oxygen atoms in total. The van der Waals surface area contributed by atoms with Crippen molar-refractivity contribution in [1.29, 1.82) is 0 Å². The minimum absolute atomic E-state index is 0.328. The van der Waals surface area contributed by atoms with Crippen LogP contribution in [0.3, 0.4) is 0 Å². The van der Waals surface area contributed by atoms with Crippen molar-refractivity contribution in [2.24, 2.45) is 0 Å². The highest BCUT2D eigenvalue weighted by atomic mass is 16.5. The second kappa shape index (κ2) is 10.6. The van der Waals surface area contributed by atoms with Crippen molar-refractivity contribution in [1.82, 2.24) is 16.2 Å². The summed E-state index contributed by atoms with van der Waals surface area (Å²) in [5.41, 5.74) is 8.03. The lowest BCUT2D eigenvalue weighted by Gasteiger charge is -2.16. The predicted molar refractivity (Wildman–Crippen MR) is 96.7 cm³/mol. The monoisotopic (exact) mass is 319 g/mol. The number of para-hydroxylation sites is 1. The molecule has 2 unspecified atom stereocenters. The number of likely N-dealkylation sites (N-methyl/N-ethyl adjacent to an activating group) is 1. The maximum absolute atomic E-state index is 6.07. The molecule has 1 aliphatic heterocycles. The average molecular weight is 319 g/mol. The summed E-state index contributed by atoms with van der Waals surface area (Å²) in [6.45, 7) is 4.06. The lowest BCUT2D eigenvalue weighted by Crippen LogP contribution is -2.36. The minimum atomic E-state index is 0.328. The molecule has 1 aliphatic rings. The molecule has 0 bridgehead atoms. The molecule has 0 saturated carbocycles. The van der Waals surface area contributed by atoms with E-state index in [0.717, 1.165) is 31.7 Å². The summed E-state index contributed by atoms with van der Waals surface area (Å²) in [7, 11) is 1.99. The number of ether oxygens (including phenoxy) is 1. The number of benzene rings is 1. The lowest BCUT2D eigenvalue weighted by atomic mass is 10.0. The normalized spacial score (nSPS) is 20.8. The summed E-state index contributed by atoms with van der Waals surface area (Å²) in [6.07, 6.45) is 8.86. The van der Waals surface area contributed by atoms with Crippen LogP contribution in [0.1, 0.15) is 63.5 Å². The molecule has 2 atom stereocenters. The van der Waals surface area contributed by atoms with E-state index in [2.05, 4.69) is 47.4 Å². The third-order valence-corrected chi connectivity index (χ3v) is 4.48. The number of rotatable bonds is 11. The first kappa shape index (κ1) is 18.2. The summed E-state index contributed by atoms with van der Waals surface area (Å²) in [6, 6.07) is 9.23. The molecule has 0 amide bonds. The number of hydrogen-bond donors (Lipinski definition) is 3. The first-order valence-corrected chi connectivity index (χ1v) is 9.22.